The van der Waals surface area contributed by atoms with Crippen LogP contribution in [0, 0.1) is 11.7 Å². The fourth-order valence-corrected chi connectivity index (χ4v) is 2.63. The summed E-state index contributed by atoms with van der Waals surface area (Å²) < 4.78 is 18.9. The summed E-state index contributed by atoms with van der Waals surface area (Å²) in [5.41, 5.74) is -0.0630. The number of carbonyl (C=O) groups is 2. The van der Waals surface area contributed by atoms with Crippen molar-refractivity contribution in [1.82, 2.24) is 4.90 Å². The fraction of sp³-hybridized carbons (Fsp3) is 0.467. The molecule has 0 radical (unpaired) electrons. The lowest BCUT2D eigenvalue weighted by molar-refractivity contribution is -0.149. The molecule has 4 nitrogen and oxygen atoms in total. The number of hydrogen-bond donors (Lipinski definition) is 0. The molecule has 2 rings (SSSR count). The molecule has 0 N–H and O–H groups in total. The molecule has 0 bridgehead atoms. The van der Waals surface area contributed by atoms with Gasteiger partial charge >= 0.3 is 5.97 Å². The molecule has 0 spiro atoms. The summed E-state index contributed by atoms with van der Waals surface area (Å²) >= 11 is 5.70. The number of esters is 1. The van der Waals surface area contributed by atoms with E-state index in [0.717, 1.165) is 0 Å². The lowest BCUT2D eigenvalue weighted by atomic mass is 9.97. The van der Waals surface area contributed by atoms with Gasteiger partial charge in [-0.1, -0.05) is 17.7 Å². The first-order valence-corrected chi connectivity index (χ1v) is 7.32. The Bertz CT molecular complexity index is 550. The van der Waals surface area contributed by atoms with Gasteiger partial charge in [-0.15, -0.1) is 0 Å². The second kappa shape index (κ2) is 6.89. The largest absolute Gasteiger partial charge is 0.466 e. The van der Waals surface area contributed by atoms with E-state index in [1.807, 2.05) is 0 Å². The van der Waals surface area contributed by atoms with Crippen LogP contribution in [-0.2, 0) is 9.53 Å². The third-order valence-corrected chi connectivity index (χ3v) is 3.80. The predicted octanol–water partition coefficient (Wildman–Crippen LogP) is 2.89. The van der Waals surface area contributed by atoms with Crippen molar-refractivity contribution in [2.24, 2.45) is 5.92 Å². The Kier molecular flexibility index (Phi) is 5.17. The van der Waals surface area contributed by atoms with Crippen LogP contribution in [0.1, 0.15) is 30.1 Å². The number of hydrogen-bond acceptors (Lipinski definition) is 3. The van der Waals surface area contributed by atoms with Crippen molar-refractivity contribution in [1.29, 1.82) is 0 Å². The molecule has 1 aliphatic rings. The van der Waals surface area contributed by atoms with Crippen molar-refractivity contribution in [2.75, 3.05) is 19.7 Å². The highest BCUT2D eigenvalue weighted by molar-refractivity contribution is 6.31. The van der Waals surface area contributed by atoms with Crippen LogP contribution in [0.5, 0.6) is 0 Å². The van der Waals surface area contributed by atoms with Crippen LogP contribution in [0.2, 0.25) is 5.02 Å². The predicted molar refractivity (Wildman–Crippen MR) is 76.7 cm³/mol. The number of likely N-dealkylation sites (tertiary alicyclic amines) is 1. The number of nitrogens with zero attached hydrogens (tertiary/aromatic N) is 1. The molecule has 6 heteroatoms. The second-order valence-electron chi connectivity index (χ2n) is 4.94. The van der Waals surface area contributed by atoms with Gasteiger partial charge in [0.05, 0.1) is 23.1 Å². The van der Waals surface area contributed by atoms with E-state index in [9.17, 15) is 14.0 Å². The summed E-state index contributed by atoms with van der Waals surface area (Å²) in [6, 6.07) is 4.33. The van der Waals surface area contributed by atoms with Gasteiger partial charge in [-0.3, -0.25) is 9.59 Å². The van der Waals surface area contributed by atoms with Crippen LogP contribution in [0.3, 0.4) is 0 Å². The number of piperidine rings is 1. The third kappa shape index (κ3) is 3.53. The van der Waals surface area contributed by atoms with E-state index in [2.05, 4.69) is 0 Å². The number of ether oxygens (including phenoxy) is 1. The molecule has 1 amide bonds. The normalized spacial score (nSPS) is 18.4. The lowest BCUT2D eigenvalue weighted by Crippen LogP contribution is -2.43. The van der Waals surface area contributed by atoms with Crippen LogP contribution < -0.4 is 0 Å². The van der Waals surface area contributed by atoms with Crippen molar-refractivity contribution < 1.29 is 18.7 Å². The third-order valence-electron chi connectivity index (χ3n) is 3.51. The van der Waals surface area contributed by atoms with Gasteiger partial charge in [0, 0.05) is 13.1 Å². The van der Waals surface area contributed by atoms with E-state index in [1.54, 1.807) is 6.92 Å². The smallest absolute Gasteiger partial charge is 0.310 e. The van der Waals surface area contributed by atoms with E-state index in [-0.39, 0.29) is 29.0 Å². The van der Waals surface area contributed by atoms with E-state index in [1.165, 1.54) is 23.1 Å². The Morgan fingerprint density at radius 1 is 1.48 bits per heavy atom. The molecule has 1 aromatic carbocycles. The molecule has 0 aliphatic carbocycles. The van der Waals surface area contributed by atoms with Crippen LogP contribution >= 0.6 is 11.6 Å². The summed E-state index contributed by atoms with van der Waals surface area (Å²) in [6.45, 7) is 2.81. The Balaban J connectivity index is 2.12. The molecule has 1 atom stereocenters. The minimum atomic E-state index is -0.720. The summed E-state index contributed by atoms with van der Waals surface area (Å²) in [5, 5.41) is -0.0835. The van der Waals surface area contributed by atoms with E-state index >= 15 is 0 Å². The fourth-order valence-electron chi connectivity index (χ4n) is 2.45. The minimum Gasteiger partial charge on any atom is -0.466 e. The molecule has 1 fully saturated rings. The zero-order chi connectivity index (χ0) is 15.4. The number of benzene rings is 1. The second-order valence-corrected chi connectivity index (χ2v) is 5.35. The van der Waals surface area contributed by atoms with E-state index in [4.69, 9.17) is 16.3 Å². The highest BCUT2D eigenvalue weighted by Gasteiger charge is 2.30. The quantitative estimate of drug-likeness (QED) is 0.806. The lowest BCUT2D eigenvalue weighted by Gasteiger charge is -2.31. The molecular formula is C15H17ClFNO3. The van der Waals surface area contributed by atoms with Crippen molar-refractivity contribution in [3.05, 3.63) is 34.6 Å². The summed E-state index contributed by atoms with van der Waals surface area (Å²) in [7, 11) is 0. The minimum absolute atomic E-state index is 0.0630. The summed E-state index contributed by atoms with van der Waals surface area (Å²) in [4.78, 5) is 25.6. The Hall–Kier alpha value is -1.62. The molecule has 114 valence electrons. The maximum Gasteiger partial charge on any atom is 0.310 e. The zero-order valence-electron chi connectivity index (χ0n) is 11.8. The maximum absolute atomic E-state index is 13.9. The molecule has 0 saturated carbocycles. The first kappa shape index (κ1) is 15.8. The molecule has 1 aromatic rings. The molecule has 21 heavy (non-hydrogen) atoms. The Labute approximate surface area is 127 Å². The average Bonchev–Trinajstić information content (AvgIpc) is 2.50. The standard InChI is InChI=1S/C15H17ClFNO3/c1-2-21-15(20)10-5-4-8-18(9-10)14(19)11-6-3-7-12(16)13(11)17/h3,6-7,10H,2,4-5,8-9H2,1H3. The van der Waals surface area contributed by atoms with Gasteiger partial charge < -0.3 is 9.64 Å². The van der Waals surface area contributed by atoms with Gasteiger partial charge in [0.2, 0.25) is 0 Å². The van der Waals surface area contributed by atoms with Gasteiger partial charge in [0.15, 0.2) is 5.82 Å². The molecule has 1 unspecified atom stereocenters. The monoisotopic (exact) mass is 313 g/mol. The topological polar surface area (TPSA) is 46.6 Å². The Morgan fingerprint density at radius 3 is 2.95 bits per heavy atom. The Morgan fingerprint density at radius 2 is 2.24 bits per heavy atom. The molecule has 0 aromatic heterocycles. The van der Waals surface area contributed by atoms with E-state index < -0.39 is 11.7 Å². The van der Waals surface area contributed by atoms with Crippen molar-refractivity contribution in [3.8, 4) is 0 Å². The van der Waals surface area contributed by atoms with Crippen LogP contribution in [0.15, 0.2) is 18.2 Å². The zero-order valence-corrected chi connectivity index (χ0v) is 12.5. The van der Waals surface area contributed by atoms with Crippen LogP contribution in [0.25, 0.3) is 0 Å². The van der Waals surface area contributed by atoms with Crippen molar-refractivity contribution in [3.63, 3.8) is 0 Å². The summed E-state index contributed by atoms with van der Waals surface area (Å²) in [6.07, 6.45) is 1.37. The first-order valence-electron chi connectivity index (χ1n) is 6.94. The number of rotatable bonds is 3. The highest BCUT2D eigenvalue weighted by Crippen LogP contribution is 2.23. The van der Waals surface area contributed by atoms with Crippen molar-refractivity contribution >= 4 is 23.5 Å². The van der Waals surface area contributed by atoms with Gasteiger partial charge in [-0.25, -0.2) is 4.39 Å². The first-order chi connectivity index (χ1) is 10.0. The van der Waals surface area contributed by atoms with E-state index in [0.29, 0.717) is 26.0 Å². The molecule has 1 aliphatic heterocycles. The molecular weight excluding hydrogens is 297 g/mol. The van der Waals surface area contributed by atoms with Crippen molar-refractivity contribution in [2.45, 2.75) is 19.8 Å². The van der Waals surface area contributed by atoms with Gasteiger partial charge in [0.1, 0.15) is 0 Å². The number of halogens is 2. The summed E-state index contributed by atoms with van der Waals surface area (Å²) in [5.74, 6) is -1.81. The maximum atomic E-state index is 13.9. The SMILES string of the molecule is CCOC(=O)C1CCCN(C(=O)c2cccc(Cl)c2F)C1. The van der Waals surface area contributed by atoms with Gasteiger partial charge in [-0.05, 0) is 31.9 Å². The van der Waals surface area contributed by atoms with Crippen LogP contribution in [-0.4, -0.2) is 36.5 Å². The van der Waals surface area contributed by atoms with Crippen LogP contribution in [0.4, 0.5) is 4.39 Å². The average molecular weight is 314 g/mol. The highest BCUT2D eigenvalue weighted by atomic mass is 35.5. The van der Waals surface area contributed by atoms with Gasteiger partial charge in [0.25, 0.3) is 5.91 Å². The number of amides is 1. The molecule has 1 heterocycles. The molecule has 1 saturated heterocycles. The van der Waals surface area contributed by atoms with Gasteiger partial charge in [-0.2, -0.15) is 0 Å². The number of carbonyl (C=O) groups excluding carboxylic acids is 2.